The molecule has 0 bridgehead atoms. The lowest BCUT2D eigenvalue weighted by Crippen LogP contribution is -2.10. The third-order valence-electron chi connectivity index (χ3n) is 4.85. The summed E-state index contributed by atoms with van der Waals surface area (Å²) in [5.74, 6) is -1.14. The summed E-state index contributed by atoms with van der Waals surface area (Å²) in [4.78, 5) is 28.1. The summed E-state index contributed by atoms with van der Waals surface area (Å²) in [6, 6.07) is 17.7. The standard InChI is InChI=1S/C24H14FNO4/c25-19-7-3-1-6-17(19)24(28)29-15-9-10-18-21(12-15)30-22(23(18)27)11-14-13-26-20-8-4-2-5-16(14)20/h1-13,26H. The Bertz CT molecular complexity index is 1350. The van der Waals surface area contributed by atoms with Crippen molar-refractivity contribution in [2.75, 3.05) is 0 Å². The fraction of sp³-hybridized carbons (Fsp3) is 0. The van der Waals surface area contributed by atoms with Crippen molar-refractivity contribution in [3.8, 4) is 11.5 Å². The topological polar surface area (TPSA) is 68.4 Å². The lowest BCUT2D eigenvalue weighted by molar-refractivity contribution is 0.0729. The minimum atomic E-state index is -0.827. The number of rotatable bonds is 3. The molecule has 2 heterocycles. The second-order valence-corrected chi connectivity index (χ2v) is 6.76. The Labute approximate surface area is 170 Å². The molecule has 0 spiro atoms. The van der Waals surface area contributed by atoms with Crippen molar-refractivity contribution in [1.82, 2.24) is 4.98 Å². The number of allylic oxidation sites excluding steroid dienone is 1. The summed E-state index contributed by atoms with van der Waals surface area (Å²) in [6.07, 6.45) is 3.48. The van der Waals surface area contributed by atoms with Crippen LogP contribution in [0.5, 0.6) is 11.5 Å². The Balaban J connectivity index is 1.42. The van der Waals surface area contributed by atoms with E-state index in [1.807, 2.05) is 24.3 Å². The van der Waals surface area contributed by atoms with E-state index in [9.17, 15) is 14.0 Å². The minimum absolute atomic E-state index is 0.156. The molecule has 30 heavy (non-hydrogen) atoms. The third-order valence-corrected chi connectivity index (χ3v) is 4.85. The molecule has 146 valence electrons. The number of Topliss-reactive ketones (excluding diaryl/α,β-unsaturated/α-hetero) is 1. The van der Waals surface area contributed by atoms with E-state index in [0.29, 0.717) is 5.56 Å². The van der Waals surface area contributed by atoms with Gasteiger partial charge in [-0.15, -0.1) is 0 Å². The van der Waals surface area contributed by atoms with E-state index in [0.717, 1.165) is 16.5 Å². The number of para-hydroxylation sites is 1. The SMILES string of the molecule is O=C(Oc1ccc2c(c1)OC(=Cc1c[nH]c3ccccc13)C2=O)c1ccccc1F. The lowest BCUT2D eigenvalue weighted by atomic mass is 10.1. The smallest absolute Gasteiger partial charge is 0.346 e. The second-order valence-electron chi connectivity index (χ2n) is 6.76. The molecule has 1 aliphatic heterocycles. The number of hydrogen-bond donors (Lipinski definition) is 1. The lowest BCUT2D eigenvalue weighted by Gasteiger charge is -2.06. The molecule has 0 radical (unpaired) electrons. The molecule has 0 amide bonds. The fourth-order valence-corrected chi connectivity index (χ4v) is 3.37. The van der Waals surface area contributed by atoms with Crippen LogP contribution in [0.15, 0.2) is 78.7 Å². The molecular weight excluding hydrogens is 385 g/mol. The maximum atomic E-state index is 13.8. The highest BCUT2D eigenvalue weighted by Crippen LogP contribution is 2.35. The number of benzene rings is 3. The van der Waals surface area contributed by atoms with E-state index in [-0.39, 0.29) is 28.6 Å². The summed E-state index contributed by atoms with van der Waals surface area (Å²) in [5.41, 5.74) is 1.98. The maximum absolute atomic E-state index is 13.8. The number of ketones is 1. The van der Waals surface area contributed by atoms with Crippen molar-refractivity contribution < 1.29 is 23.5 Å². The molecule has 3 aromatic carbocycles. The van der Waals surface area contributed by atoms with Crippen molar-refractivity contribution in [2.45, 2.75) is 0 Å². The molecule has 1 aliphatic rings. The van der Waals surface area contributed by atoms with Gasteiger partial charge in [0.15, 0.2) is 5.76 Å². The number of H-pyrrole nitrogens is 1. The number of nitrogens with one attached hydrogen (secondary N) is 1. The number of hydrogen-bond acceptors (Lipinski definition) is 4. The summed E-state index contributed by atoms with van der Waals surface area (Å²) in [6.45, 7) is 0. The average Bonchev–Trinajstić information content (AvgIpc) is 3.29. The van der Waals surface area contributed by atoms with Crippen LogP contribution in [0.2, 0.25) is 0 Å². The van der Waals surface area contributed by atoms with Gasteiger partial charge in [0.05, 0.1) is 11.1 Å². The maximum Gasteiger partial charge on any atom is 0.346 e. The number of carbonyl (C=O) groups is 2. The van der Waals surface area contributed by atoms with Crippen molar-refractivity contribution >= 4 is 28.7 Å². The Kier molecular flexibility index (Phi) is 4.17. The molecule has 5 nitrogen and oxygen atoms in total. The predicted octanol–water partition coefficient (Wildman–Crippen LogP) is 5.14. The Morgan fingerprint density at radius 2 is 1.83 bits per heavy atom. The normalized spacial score (nSPS) is 14.0. The fourth-order valence-electron chi connectivity index (χ4n) is 3.37. The van der Waals surface area contributed by atoms with Crippen LogP contribution >= 0.6 is 0 Å². The number of ether oxygens (including phenoxy) is 2. The third kappa shape index (κ3) is 3.04. The van der Waals surface area contributed by atoms with Gasteiger partial charge in [0.1, 0.15) is 17.3 Å². The molecule has 0 saturated carbocycles. The number of carbonyl (C=O) groups excluding carboxylic acids is 2. The zero-order valence-corrected chi connectivity index (χ0v) is 15.5. The van der Waals surface area contributed by atoms with Gasteiger partial charge in [0.25, 0.3) is 0 Å². The molecule has 0 unspecified atom stereocenters. The summed E-state index contributed by atoms with van der Waals surface area (Å²) in [5, 5.41) is 0.969. The van der Waals surface area contributed by atoms with Gasteiger partial charge in [-0.1, -0.05) is 30.3 Å². The minimum Gasteiger partial charge on any atom is -0.452 e. The van der Waals surface area contributed by atoms with Gasteiger partial charge in [-0.2, -0.15) is 0 Å². The van der Waals surface area contributed by atoms with Gasteiger partial charge in [-0.25, -0.2) is 9.18 Å². The predicted molar refractivity (Wildman–Crippen MR) is 109 cm³/mol. The summed E-state index contributed by atoms with van der Waals surface area (Å²) >= 11 is 0. The van der Waals surface area contributed by atoms with Gasteiger partial charge < -0.3 is 14.5 Å². The summed E-state index contributed by atoms with van der Waals surface area (Å²) in [7, 11) is 0. The highest BCUT2D eigenvalue weighted by atomic mass is 19.1. The molecule has 5 rings (SSSR count). The van der Waals surface area contributed by atoms with Gasteiger partial charge in [0.2, 0.25) is 5.78 Å². The molecule has 0 fully saturated rings. The number of halogens is 1. The monoisotopic (exact) mass is 399 g/mol. The van der Waals surface area contributed by atoms with Crippen molar-refractivity contribution in [3.05, 3.63) is 101 Å². The molecule has 0 aliphatic carbocycles. The van der Waals surface area contributed by atoms with Gasteiger partial charge in [0, 0.05) is 28.7 Å². The molecule has 1 aromatic heterocycles. The van der Waals surface area contributed by atoms with E-state index in [1.54, 1.807) is 18.3 Å². The highest BCUT2D eigenvalue weighted by molar-refractivity contribution is 6.15. The van der Waals surface area contributed by atoms with Crippen LogP contribution in [0, 0.1) is 5.82 Å². The molecule has 0 atom stereocenters. The second kappa shape index (κ2) is 7.00. The van der Waals surface area contributed by atoms with Crippen LogP contribution < -0.4 is 9.47 Å². The number of aromatic amines is 1. The van der Waals surface area contributed by atoms with Crippen LogP contribution in [-0.2, 0) is 0 Å². The molecule has 4 aromatic rings. The average molecular weight is 399 g/mol. The van der Waals surface area contributed by atoms with Crippen molar-refractivity contribution in [3.63, 3.8) is 0 Å². The zero-order chi connectivity index (χ0) is 20.7. The van der Waals surface area contributed by atoms with Crippen LogP contribution in [-0.4, -0.2) is 16.7 Å². The van der Waals surface area contributed by atoms with Crippen LogP contribution in [0.3, 0.4) is 0 Å². The first kappa shape index (κ1) is 17.9. The Morgan fingerprint density at radius 1 is 1.03 bits per heavy atom. The van der Waals surface area contributed by atoms with E-state index in [2.05, 4.69) is 4.98 Å². The molecule has 6 heteroatoms. The van der Waals surface area contributed by atoms with Crippen LogP contribution in [0.4, 0.5) is 4.39 Å². The highest BCUT2D eigenvalue weighted by Gasteiger charge is 2.28. The van der Waals surface area contributed by atoms with Crippen LogP contribution in [0.1, 0.15) is 26.3 Å². The first-order valence-electron chi connectivity index (χ1n) is 9.21. The van der Waals surface area contributed by atoms with Crippen molar-refractivity contribution in [2.24, 2.45) is 0 Å². The van der Waals surface area contributed by atoms with Gasteiger partial charge in [-0.05, 0) is 36.4 Å². The zero-order valence-electron chi connectivity index (χ0n) is 15.5. The van der Waals surface area contributed by atoms with Gasteiger partial charge >= 0.3 is 5.97 Å². The van der Waals surface area contributed by atoms with E-state index < -0.39 is 11.8 Å². The first-order valence-corrected chi connectivity index (χ1v) is 9.21. The quantitative estimate of drug-likeness (QED) is 0.294. The van der Waals surface area contributed by atoms with E-state index in [4.69, 9.17) is 9.47 Å². The molecular formula is C24H14FNO4. The van der Waals surface area contributed by atoms with E-state index >= 15 is 0 Å². The number of fused-ring (bicyclic) bond motifs is 2. The molecule has 0 saturated heterocycles. The number of aromatic nitrogens is 1. The van der Waals surface area contributed by atoms with E-state index in [1.165, 1.54) is 36.4 Å². The Hall–Kier alpha value is -4.19. The molecule has 1 N–H and O–H groups in total. The Morgan fingerprint density at radius 3 is 2.70 bits per heavy atom. The van der Waals surface area contributed by atoms with Crippen molar-refractivity contribution in [1.29, 1.82) is 0 Å². The van der Waals surface area contributed by atoms with Crippen LogP contribution in [0.25, 0.3) is 17.0 Å². The number of esters is 1. The summed E-state index contributed by atoms with van der Waals surface area (Å²) < 4.78 is 24.7. The largest absolute Gasteiger partial charge is 0.452 e. The first-order chi connectivity index (χ1) is 14.6. The van der Waals surface area contributed by atoms with Gasteiger partial charge in [-0.3, -0.25) is 4.79 Å².